The van der Waals surface area contributed by atoms with Crippen LogP contribution in [0, 0.1) is 0 Å². The van der Waals surface area contributed by atoms with Crippen molar-refractivity contribution >= 4 is 6.09 Å². The number of piperazine rings is 1. The van der Waals surface area contributed by atoms with Crippen LogP contribution in [0.1, 0.15) is 6.92 Å². The fourth-order valence-corrected chi connectivity index (χ4v) is 1.72. The Morgan fingerprint density at radius 3 is 2.56 bits per heavy atom. The molecule has 6 heteroatoms. The summed E-state index contributed by atoms with van der Waals surface area (Å²) < 4.78 is 4.92. The Balaban J connectivity index is 2.25. The Bertz CT molecular complexity index is 217. The number of amides is 1. The molecule has 3 N–H and O–H groups in total. The van der Waals surface area contributed by atoms with Crippen molar-refractivity contribution in [2.75, 3.05) is 45.9 Å². The molecule has 0 spiro atoms. The number of rotatable bonds is 4. The Kier molecular flexibility index (Phi) is 5.51. The van der Waals surface area contributed by atoms with Gasteiger partial charge in [0.1, 0.15) is 0 Å². The second-order valence-corrected chi connectivity index (χ2v) is 3.93. The Morgan fingerprint density at radius 1 is 1.44 bits per heavy atom. The number of ether oxygens (including phenoxy) is 1. The van der Waals surface area contributed by atoms with Crippen molar-refractivity contribution in [1.82, 2.24) is 9.80 Å². The maximum atomic E-state index is 11.4. The highest BCUT2D eigenvalue weighted by Crippen LogP contribution is 2.04. The number of aliphatic hydroxyl groups is 1. The summed E-state index contributed by atoms with van der Waals surface area (Å²) in [6, 6.07) is -0.200. The summed E-state index contributed by atoms with van der Waals surface area (Å²) in [6.45, 7) is 5.78. The van der Waals surface area contributed by atoms with Crippen LogP contribution in [-0.2, 0) is 4.74 Å². The quantitative estimate of drug-likeness (QED) is 0.654. The lowest BCUT2D eigenvalue weighted by Gasteiger charge is -2.34. The average molecular weight is 231 g/mol. The number of hydrogen-bond donors (Lipinski definition) is 2. The first-order valence-corrected chi connectivity index (χ1v) is 5.67. The van der Waals surface area contributed by atoms with E-state index in [1.54, 1.807) is 11.8 Å². The van der Waals surface area contributed by atoms with E-state index in [1.807, 2.05) is 0 Å². The second kappa shape index (κ2) is 6.67. The van der Waals surface area contributed by atoms with E-state index in [4.69, 9.17) is 15.6 Å². The van der Waals surface area contributed by atoms with Crippen LogP contribution >= 0.6 is 0 Å². The minimum Gasteiger partial charge on any atom is -0.450 e. The molecule has 94 valence electrons. The van der Waals surface area contributed by atoms with Crippen molar-refractivity contribution in [3.8, 4) is 0 Å². The molecule has 0 aromatic carbocycles. The number of nitrogens with zero attached hydrogens (tertiary/aromatic N) is 2. The van der Waals surface area contributed by atoms with Gasteiger partial charge in [-0.3, -0.25) is 4.90 Å². The molecule has 1 atom stereocenters. The lowest BCUT2D eigenvalue weighted by Crippen LogP contribution is -2.52. The van der Waals surface area contributed by atoms with E-state index in [-0.39, 0.29) is 18.7 Å². The van der Waals surface area contributed by atoms with Crippen molar-refractivity contribution in [3.05, 3.63) is 0 Å². The molecule has 0 aliphatic carbocycles. The summed E-state index contributed by atoms with van der Waals surface area (Å²) in [5, 5.41) is 8.84. The molecule has 1 saturated heterocycles. The summed E-state index contributed by atoms with van der Waals surface area (Å²) in [7, 11) is 0. The van der Waals surface area contributed by atoms with Crippen LogP contribution < -0.4 is 5.73 Å². The van der Waals surface area contributed by atoms with E-state index in [0.717, 1.165) is 13.1 Å². The zero-order valence-corrected chi connectivity index (χ0v) is 9.76. The predicted octanol–water partition coefficient (Wildman–Crippen LogP) is -0.920. The van der Waals surface area contributed by atoms with E-state index < -0.39 is 0 Å². The first kappa shape index (κ1) is 13.2. The monoisotopic (exact) mass is 231 g/mol. The lowest BCUT2D eigenvalue weighted by atomic mass is 10.2. The van der Waals surface area contributed by atoms with Gasteiger partial charge in [0.25, 0.3) is 0 Å². The number of hydrogen-bond acceptors (Lipinski definition) is 5. The molecular formula is C10H21N3O3. The van der Waals surface area contributed by atoms with Gasteiger partial charge in [-0.25, -0.2) is 4.79 Å². The maximum absolute atomic E-state index is 11.4. The van der Waals surface area contributed by atoms with Crippen molar-refractivity contribution in [2.45, 2.75) is 13.0 Å². The van der Waals surface area contributed by atoms with Gasteiger partial charge in [-0.2, -0.15) is 0 Å². The molecule has 0 aromatic rings. The molecule has 1 aliphatic rings. The Hall–Kier alpha value is -0.850. The van der Waals surface area contributed by atoms with Gasteiger partial charge in [-0.05, 0) is 6.92 Å². The van der Waals surface area contributed by atoms with Crippen molar-refractivity contribution in [2.24, 2.45) is 5.73 Å². The molecule has 1 unspecified atom stereocenters. The molecule has 1 aliphatic heterocycles. The summed E-state index contributed by atoms with van der Waals surface area (Å²) in [6.07, 6.45) is -0.242. The van der Waals surface area contributed by atoms with E-state index in [9.17, 15) is 4.79 Å². The topological polar surface area (TPSA) is 79.0 Å². The van der Waals surface area contributed by atoms with Gasteiger partial charge in [0.05, 0.1) is 13.2 Å². The van der Waals surface area contributed by atoms with E-state index in [2.05, 4.69) is 4.90 Å². The van der Waals surface area contributed by atoms with Crippen molar-refractivity contribution in [3.63, 3.8) is 0 Å². The molecule has 0 radical (unpaired) electrons. The molecule has 1 fully saturated rings. The summed E-state index contributed by atoms with van der Waals surface area (Å²) in [4.78, 5) is 15.3. The standard InChI is InChI=1S/C10H21N3O3/c1-2-16-10(15)13-5-3-12(4-6-13)7-9(11)8-14/h9,14H,2-8,11H2,1H3. The third kappa shape index (κ3) is 3.96. The molecule has 0 saturated carbocycles. The van der Waals surface area contributed by atoms with Crippen LogP contribution in [0.4, 0.5) is 4.79 Å². The molecular weight excluding hydrogens is 210 g/mol. The van der Waals surface area contributed by atoms with Gasteiger partial charge in [0.2, 0.25) is 0 Å². The summed E-state index contributed by atoms with van der Waals surface area (Å²) in [5.41, 5.74) is 5.65. The van der Waals surface area contributed by atoms with Gasteiger partial charge in [-0.15, -0.1) is 0 Å². The van der Waals surface area contributed by atoms with Crippen LogP contribution in [0.3, 0.4) is 0 Å². The first-order chi connectivity index (χ1) is 7.67. The van der Waals surface area contributed by atoms with Crippen molar-refractivity contribution in [1.29, 1.82) is 0 Å². The van der Waals surface area contributed by atoms with Crippen LogP contribution in [0.5, 0.6) is 0 Å². The fraction of sp³-hybridized carbons (Fsp3) is 0.900. The number of carbonyl (C=O) groups is 1. The number of aliphatic hydroxyl groups excluding tert-OH is 1. The lowest BCUT2D eigenvalue weighted by molar-refractivity contribution is 0.0758. The van der Waals surface area contributed by atoms with E-state index in [1.165, 1.54) is 0 Å². The maximum Gasteiger partial charge on any atom is 0.409 e. The van der Waals surface area contributed by atoms with Crippen LogP contribution in [0.15, 0.2) is 0 Å². The number of nitrogens with two attached hydrogens (primary N) is 1. The molecule has 1 rings (SSSR count). The minimum absolute atomic E-state index is 0.00189. The smallest absolute Gasteiger partial charge is 0.409 e. The van der Waals surface area contributed by atoms with Gasteiger partial charge in [0.15, 0.2) is 0 Å². The van der Waals surface area contributed by atoms with E-state index in [0.29, 0.717) is 26.2 Å². The van der Waals surface area contributed by atoms with Crippen LogP contribution in [0.2, 0.25) is 0 Å². The highest BCUT2D eigenvalue weighted by atomic mass is 16.6. The van der Waals surface area contributed by atoms with Gasteiger partial charge in [-0.1, -0.05) is 0 Å². The first-order valence-electron chi connectivity index (χ1n) is 5.67. The highest BCUT2D eigenvalue weighted by molar-refractivity contribution is 5.67. The van der Waals surface area contributed by atoms with E-state index >= 15 is 0 Å². The Labute approximate surface area is 95.9 Å². The highest BCUT2D eigenvalue weighted by Gasteiger charge is 2.22. The van der Waals surface area contributed by atoms with Gasteiger partial charge < -0.3 is 20.5 Å². The fourth-order valence-electron chi connectivity index (χ4n) is 1.72. The molecule has 1 heterocycles. The zero-order valence-electron chi connectivity index (χ0n) is 9.76. The minimum atomic E-state index is -0.242. The third-order valence-corrected chi connectivity index (χ3v) is 2.63. The normalized spacial score (nSPS) is 19.6. The number of carbonyl (C=O) groups excluding carboxylic acids is 1. The third-order valence-electron chi connectivity index (χ3n) is 2.63. The molecule has 16 heavy (non-hydrogen) atoms. The Morgan fingerprint density at radius 2 is 2.06 bits per heavy atom. The van der Waals surface area contributed by atoms with Gasteiger partial charge >= 0.3 is 6.09 Å². The summed E-state index contributed by atoms with van der Waals surface area (Å²) >= 11 is 0. The molecule has 0 aromatic heterocycles. The molecule has 1 amide bonds. The summed E-state index contributed by atoms with van der Waals surface area (Å²) in [5.74, 6) is 0. The molecule has 0 bridgehead atoms. The van der Waals surface area contributed by atoms with Crippen molar-refractivity contribution < 1.29 is 14.6 Å². The predicted molar refractivity (Wildman–Crippen MR) is 60.1 cm³/mol. The largest absolute Gasteiger partial charge is 0.450 e. The second-order valence-electron chi connectivity index (χ2n) is 3.93. The van der Waals surface area contributed by atoms with Gasteiger partial charge in [0, 0.05) is 38.8 Å². The van der Waals surface area contributed by atoms with Crippen LogP contribution in [0.25, 0.3) is 0 Å². The molecule has 6 nitrogen and oxygen atoms in total. The average Bonchev–Trinajstić information content (AvgIpc) is 2.30. The SMILES string of the molecule is CCOC(=O)N1CCN(CC(N)CO)CC1. The zero-order chi connectivity index (χ0) is 12.0. The van der Waals surface area contributed by atoms with Crippen LogP contribution in [-0.4, -0.2) is 73.0 Å².